The summed E-state index contributed by atoms with van der Waals surface area (Å²) < 4.78 is 45.9. The second-order valence-corrected chi connectivity index (χ2v) is 29.7. The Bertz CT molecular complexity index is 4810. The zero-order valence-corrected chi connectivity index (χ0v) is 65.0. The molecule has 7 aromatic rings. The molecule has 6 fully saturated rings. The van der Waals surface area contributed by atoms with Crippen LogP contribution < -0.4 is 44.7 Å². The fourth-order valence-corrected chi connectivity index (χ4v) is 14.3. The van der Waals surface area contributed by atoms with E-state index in [1.807, 2.05) is 31.2 Å². The number of anilines is 2. The molecule has 0 radical (unpaired) electrons. The van der Waals surface area contributed by atoms with E-state index in [1.54, 1.807) is 30.9 Å². The molecule has 2 unspecified atom stereocenters. The molecule has 2 aliphatic carbocycles. The molecule has 115 heavy (non-hydrogen) atoms. The lowest BCUT2D eigenvalue weighted by molar-refractivity contribution is -0.137. The molecule has 4 aromatic carbocycles. The van der Waals surface area contributed by atoms with Gasteiger partial charge in [0.1, 0.15) is 89.5 Å². The molecule has 32 heteroatoms. The summed E-state index contributed by atoms with van der Waals surface area (Å²) in [6.07, 6.45) is 9.00. The van der Waals surface area contributed by atoms with Gasteiger partial charge in [-0.05, 0) is 145 Å². The van der Waals surface area contributed by atoms with E-state index >= 15 is 0 Å². The molecule has 7 aliphatic heterocycles. The predicted octanol–water partition coefficient (Wildman–Crippen LogP) is 7.61. The van der Waals surface area contributed by atoms with Crippen LogP contribution in [-0.4, -0.2) is 245 Å². The lowest BCUT2D eigenvalue weighted by atomic mass is 10.0. The van der Waals surface area contributed by atoms with E-state index in [4.69, 9.17) is 48.1 Å². The van der Waals surface area contributed by atoms with Gasteiger partial charge in [-0.2, -0.15) is 10.4 Å². The maximum absolute atomic E-state index is 13.0. The summed E-state index contributed by atoms with van der Waals surface area (Å²) in [5.74, 6) is 0.126. The Balaban J connectivity index is 0.000000171. The van der Waals surface area contributed by atoms with Crippen LogP contribution in [0.15, 0.2) is 103 Å². The molecule has 0 bridgehead atoms. The molecule has 4 atom stereocenters. The number of carbonyl (C=O) groups excluding carboxylic acids is 8. The summed E-state index contributed by atoms with van der Waals surface area (Å²) >= 11 is 0. The predicted molar refractivity (Wildman–Crippen MR) is 423 cm³/mol. The van der Waals surface area contributed by atoms with Crippen molar-refractivity contribution in [1.82, 2.24) is 60.8 Å². The Morgan fingerprint density at radius 2 is 1.04 bits per heavy atom. The molecule has 608 valence electrons. The van der Waals surface area contributed by atoms with Crippen LogP contribution in [0.5, 0.6) is 23.0 Å². The number of hydrogen-bond acceptors (Lipinski definition) is 27. The smallest absolute Gasteiger partial charge is 0.262 e. The molecule has 8 amide bonds. The number of ether oxygens (including phenoxy) is 8. The molecule has 0 spiro atoms. The van der Waals surface area contributed by atoms with Gasteiger partial charge in [-0.1, -0.05) is 20.4 Å². The number of amides is 8. The van der Waals surface area contributed by atoms with Crippen molar-refractivity contribution in [3.63, 3.8) is 0 Å². The van der Waals surface area contributed by atoms with E-state index in [2.05, 4.69) is 113 Å². The van der Waals surface area contributed by atoms with E-state index in [9.17, 15) is 38.4 Å². The van der Waals surface area contributed by atoms with Gasteiger partial charge in [0.15, 0.2) is 0 Å². The van der Waals surface area contributed by atoms with E-state index in [1.165, 1.54) is 36.8 Å². The number of benzene rings is 4. The minimum atomic E-state index is -1.01. The van der Waals surface area contributed by atoms with Gasteiger partial charge >= 0.3 is 0 Å². The number of aromatic nitrogens is 6. The Hall–Kier alpha value is -11.2. The van der Waals surface area contributed by atoms with Crippen molar-refractivity contribution in [1.29, 1.82) is 5.26 Å². The molecule has 2 saturated carbocycles. The van der Waals surface area contributed by atoms with Crippen molar-refractivity contribution in [2.24, 2.45) is 4.99 Å². The van der Waals surface area contributed by atoms with Gasteiger partial charge in [0, 0.05) is 107 Å². The van der Waals surface area contributed by atoms with Crippen molar-refractivity contribution in [2.45, 2.75) is 149 Å². The second-order valence-electron chi connectivity index (χ2n) is 29.7. The number of aliphatic imine (C=N–C) groups is 1. The number of piperidine rings is 2. The zero-order valence-electron chi connectivity index (χ0n) is 65.0. The van der Waals surface area contributed by atoms with E-state index < -0.39 is 59.3 Å². The van der Waals surface area contributed by atoms with Gasteiger partial charge in [-0.15, -0.1) is 0 Å². The quantitative estimate of drug-likeness (QED) is 0.0259. The van der Waals surface area contributed by atoms with Crippen molar-refractivity contribution in [3.05, 3.63) is 137 Å². The topological polar surface area (TPSA) is 379 Å². The molecule has 16 rings (SSSR count). The first-order valence-electron chi connectivity index (χ1n) is 38.9. The van der Waals surface area contributed by atoms with Crippen LogP contribution in [-0.2, 0) is 44.7 Å². The normalized spacial score (nSPS) is 20.2. The second kappa shape index (κ2) is 37.8. The minimum Gasteiger partial charge on any atom is -0.491 e. The van der Waals surface area contributed by atoms with Gasteiger partial charge in [0.05, 0.1) is 104 Å². The number of nitrogens with one attached hydrogen (secondary N) is 4. The lowest BCUT2D eigenvalue weighted by Gasteiger charge is -2.40. The van der Waals surface area contributed by atoms with E-state index in [0.29, 0.717) is 83.0 Å². The largest absolute Gasteiger partial charge is 0.491 e. The Morgan fingerprint density at radius 1 is 0.548 bits per heavy atom. The summed E-state index contributed by atoms with van der Waals surface area (Å²) in [7, 11) is 0. The average Bonchev–Trinajstić information content (AvgIpc) is 1.61. The first-order chi connectivity index (χ1) is 55.2. The van der Waals surface area contributed by atoms with Gasteiger partial charge in [-0.25, -0.2) is 19.9 Å². The Kier molecular flexibility index (Phi) is 27.4. The van der Waals surface area contributed by atoms with Crippen molar-refractivity contribution in [2.75, 3.05) is 122 Å². The first kappa shape index (κ1) is 83.2. The van der Waals surface area contributed by atoms with Gasteiger partial charge in [0.2, 0.25) is 23.6 Å². The monoisotopic (exact) mass is 1580 g/mol. The minimum absolute atomic E-state index is 0. The highest BCUT2D eigenvalue weighted by molar-refractivity contribution is 6.24. The number of hydrogen-bond donors (Lipinski definition) is 4. The number of imide groups is 4. The zero-order chi connectivity index (χ0) is 80.0. The van der Waals surface area contributed by atoms with Crippen LogP contribution in [0.3, 0.4) is 0 Å². The third-order valence-corrected chi connectivity index (χ3v) is 20.9. The van der Waals surface area contributed by atoms with Gasteiger partial charge in [0.25, 0.3) is 23.6 Å². The average molecular weight is 1580 g/mol. The third-order valence-electron chi connectivity index (χ3n) is 20.9. The number of nitrogens with zero attached hydrogens (tertiary/aromatic N) is 12. The van der Waals surface area contributed by atoms with Gasteiger partial charge < -0.3 is 53.0 Å². The van der Waals surface area contributed by atoms with Gasteiger partial charge in [-0.3, -0.25) is 73.8 Å². The molecule has 4 N–H and O–H groups in total. The molecule has 10 heterocycles. The van der Waals surface area contributed by atoms with E-state index in [-0.39, 0.29) is 79.8 Å². The molecule has 9 aliphatic rings. The number of aromatic amines is 1. The lowest BCUT2D eigenvalue weighted by Crippen LogP contribution is -2.54. The van der Waals surface area contributed by atoms with Crippen molar-refractivity contribution < 1.29 is 76.3 Å². The summed E-state index contributed by atoms with van der Waals surface area (Å²) in [5, 5.41) is 23.8. The molecule has 32 nitrogen and oxygen atoms in total. The molecule has 4 saturated heterocycles. The number of nitriles is 1. The highest BCUT2D eigenvalue weighted by atomic mass is 16.6. The third kappa shape index (κ3) is 20.5. The van der Waals surface area contributed by atoms with Crippen molar-refractivity contribution in [3.8, 4) is 40.5 Å². The molecular weight excluding hydrogens is 1480 g/mol. The summed E-state index contributed by atoms with van der Waals surface area (Å²) in [5.41, 5.74) is 7.41. The van der Waals surface area contributed by atoms with Crippen LogP contribution >= 0.6 is 0 Å². The number of fused-ring (bicyclic) bond motifs is 4. The standard InChI is InChI=1S/C39H44N8O8.C21H25N5O.C20H24N2O7.C2H3N.CH4/c1-24-22-46(33-21-31(40-23-41-33)35-29-20-26(55-39(2)9-10-39)4-6-30(29)43-44-35)12-11-45(24)13-14-52-15-16-53-17-18-54-25-3-5-27-28(19-25)38(51)47(37(27)50)32-7-8-34(48)42-36(32)49;1-14-12-26(8-7-22-14)19-10-18(24-13-25-19)20-17-9-16(27-21(2)5-6-21)4-3-15(17)11-23-20;1-2-7-27-8-9-28-10-11-29-13-3-4-14-15(12-13)20(26)22(19(14)25)16-5-6-17(23)21-18(16)24;1-2-3;/h3-6,19-21,23-24,32H,7-18,22H2,1-2H3,(H,43,44)(H,42,48,49);3-4,9-10,13-14,22H,5-8,11-12H2,1-2H3;3-4,12,16H,2,5-11H2,1H3,(H,21,23,24);1H3;1H4/t24-,32?;14-;;;/m00.../s1. The van der Waals surface area contributed by atoms with Crippen molar-refractivity contribution >= 4 is 75.5 Å². The molecule has 3 aromatic heterocycles. The fraction of sp³-hybridized carbons (Fsp3) is 0.482. The SMILES string of the molecule is C.CC#N.CCCOCCOCCOc1ccc2c(c1)C(=O)N(C1CCC(=O)NC1=O)C2=O.C[C@H]1CN(c2cc(-c3n[nH]c4ccc(OC5(C)CC5)cc34)ncn2)CCN1CCOCCOCCOc1ccc2c(c1)C(=O)N(C1CCC(=O)NC1=O)C2=O.C[C@H]1CN(c2cc(C3=NCc4ccc(OC5(C)CC5)cc43)ncn2)CCN1. The highest BCUT2D eigenvalue weighted by Crippen LogP contribution is 2.43. The summed E-state index contributed by atoms with van der Waals surface area (Å²) in [6.45, 7) is 23.4. The van der Waals surface area contributed by atoms with E-state index in [0.717, 1.165) is 150 Å². The Morgan fingerprint density at radius 3 is 1.59 bits per heavy atom. The molecular formula is C83H100N16O16. The number of piperazine rings is 2. The first-order valence-corrected chi connectivity index (χ1v) is 38.9. The highest BCUT2D eigenvalue weighted by Gasteiger charge is 2.47. The van der Waals surface area contributed by atoms with Crippen LogP contribution in [0, 0.1) is 11.3 Å². The summed E-state index contributed by atoms with van der Waals surface area (Å²) in [4.78, 5) is 130. The fourth-order valence-electron chi connectivity index (χ4n) is 14.3. The van der Waals surface area contributed by atoms with Crippen LogP contribution in [0.1, 0.15) is 165 Å². The number of H-pyrrole nitrogens is 1. The Labute approximate surface area is 667 Å². The number of rotatable bonds is 29. The maximum Gasteiger partial charge on any atom is 0.262 e. The van der Waals surface area contributed by atoms with Crippen LogP contribution in [0.2, 0.25) is 0 Å². The van der Waals surface area contributed by atoms with Crippen LogP contribution in [0.4, 0.5) is 11.6 Å². The summed E-state index contributed by atoms with van der Waals surface area (Å²) in [6, 6.07) is 26.2. The van der Waals surface area contributed by atoms with Crippen LogP contribution in [0.25, 0.3) is 22.3 Å². The maximum atomic E-state index is 13.0. The number of carbonyl (C=O) groups is 8.